The van der Waals surface area contributed by atoms with Gasteiger partial charge in [0.2, 0.25) is 0 Å². The van der Waals surface area contributed by atoms with Crippen LogP contribution in [0.1, 0.15) is 33.4 Å². The van der Waals surface area contributed by atoms with Gasteiger partial charge in [0.15, 0.2) is 0 Å². The van der Waals surface area contributed by atoms with Crippen LogP contribution in [0, 0.1) is 18.8 Å². The highest BCUT2D eigenvalue weighted by Gasteiger charge is 2.48. The number of sulfonamides is 1. The van der Waals surface area contributed by atoms with Gasteiger partial charge in [-0.15, -0.1) is 0 Å². The average molecular weight is 794 g/mol. The van der Waals surface area contributed by atoms with E-state index in [0.717, 1.165) is 27.8 Å². The molecule has 0 spiro atoms. The molecular formula is C49H47NO7S. The van der Waals surface area contributed by atoms with Crippen molar-refractivity contribution >= 4 is 15.7 Å². The Morgan fingerprint density at radius 3 is 1.57 bits per heavy atom. The van der Waals surface area contributed by atoms with E-state index in [-0.39, 0.29) is 18.1 Å². The molecule has 1 saturated heterocycles. The number of hydrogen-bond acceptors (Lipinski definition) is 7. The van der Waals surface area contributed by atoms with Crippen LogP contribution in [0.4, 0.5) is 5.69 Å². The number of para-hydroxylation sites is 1. The minimum absolute atomic E-state index is 0.157. The molecule has 6 aromatic carbocycles. The Kier molecular flexibility index (Phi) is 14.2. The van der Waals surface area contributed by atoms with Gasteiger partial charge in [-0.05, 0) is 53.4 Å². The van der Waals surface area contributed by atoms with E-state index in [9.17, 15) is 8.42 Å². The van der Waals surface area contributed by atoms with E-state index in [0.29, 0.717) is 31.1 Å². The summed E-state index contributed by atoms with van der Waals surface area (Å²) in [6.07, 6.45) is -3.43. The predicted molar refractivity (Wildman–Crippen MR) is 225 cm³/mol. The summed E-state index contributed by atoms with van der Waals surface area (Å²) >= 11 is 0. The maximum absolute atomic E-state index is 13.5. The van der Waals surface area contributed by atoms with Crippen molar-refractivity contribution in [1.82, 2.24) is 0 Å². The van der Waals surface area contributed by atoms with Crippen molar-refractivity contribution in [3.63, 3.8) is 0 Å². The van der Waals surface area contributed by atoms with E-state index in [4.69, 9.17) is 23.7 Å². The molecule has 6 aromatic rings. The number of rotatable bonds is 16. The summed E-state index contributed by atoms with van der Waals surface area (Å²) in [5, 5.41) is 0. The van der Waals surface area contributed by atoms with Gasteiger partial charge in [0.05, 0.1) is 43.6 Å². The lowest BCUT2D eigenvalue weighted by molar-refractivity contribution is -0.261. The van der Waals surface area contributed by atoms with Gasteiger partial charge in [0, 0.05) is 5.56 Å². The van der Waals surface area contributed by atoms with Crippen LogP contribution in [0.25, 0.3) is 0 Å². The summed E-state index contributed by atoms with van der Waals surface area (Å²) in [6, 6.07) is 53.6. The summed E-state index contributed by atoms with van der Waals surface area (Å²) in [4.78, 5) is 0.157. The first-order valence-corrected chi connectivity index (χ1v) is 20.8. The standard InChI is InChI=1S/C49H47NO7S/c1-37-26-29-43(30-27-37)58(51,52)50-44-25-15-14-24-42(44)28-31-45-47(54-33-39-18-8-3-9-19-39)49(56-35-41-22-12-5-13-23-41)48(55-34-40-20-10-4-11-21-40)46(57-45)36-53-32-38-16-6-2-7-17-38/h2-27,29-30,45-50H,32-36H2,1H3/t45-,46+,47+,48+,49+/m0/s1. The number of anilines is 1. The van der Waals surface area contributed by atoms with Crippen molar-refractivity contribution in [2.75, 3.05) is 11.3 Å². The van der Waals surface area contributed by atoms with Gasteiger partial charge in [0.25, 0.3) is 10.0 Å². The van der Waals surface area contributed by atoms with Gasteiger partial charge in [-0.25, -0.2) is 8.42 Å². The molecule has 5 atom stereocenters. The topological polar surface area (TPSA) is 92.3 Å². The Hall–Kier alpha value is -5.57. The molecule has 8 nitrogen and oxygen atoms in total. The molecule has 1 aliphatic heterocycles. The molecule has 1 heterocycles. The molecule has 7 rings (SSSR count). The van der Waals surface area contributed by atoms with Crippen molar-refractivity contribution in [3.05, 3.63) is 203 Å². The van der Waals surface area contributed by atoms with Gasteiger partial charge in [-0.3, -0.25) is 4.72 Å². The van der Waals surface area contributed by atoms with Gasteiger partial charge in [-0.1, -0.05) is 163 Å². The summed E-state index contributed by atoms with van der Waals surface area (Å²) in [5.74, 6) is 6.58. The molecule has 0 radical (unpaired) electrons. The summed E-state index contributed by atoms with van der Waals surface area (Å²) in [6.45, 7) is 3.35. The Morgan fingerprint density at radius 1 is 0.552 bits per heavy atom. The molecule has 1 fully saturated rings. The fourth-order valence-corrected chi connectivity index (χ4v) is 7.74. The van der Waals surface area contributed by atoms with E-state index >= 15 is 0 Å². The third kappa shape index (κ3) is 11.3. The molecule has 1 N–H and O–H groups in total. The Bertz CT molecular complexity index is 2330. The van der Waals surface area contributed by atoms with E-state index < -0.39 is 40.5 Å². The molecule has 0 bridgehead atoms. The zero-order valence-electron chi connectivity index (χ0n) is 32.4. The number of aryl methyl sites for hydroxylation is 1. The van der Waals surface area contributed by atoms with Gasteiger partial charge in [0.1, 0.15) is 30.5 Å². The Morgan fingerprint density at radius 2 is 1.02 bits per heavy atom. The van der Waals surface area contributed by atoms with Crippen molar-refractivity contribution in [3.8, 4) is 11.8 Å². The molecule has 296 valence electrons. The van der Waals surface area contributed by atoms with E-state index in [1.165, 1.54) is 0 Å². The molecule has 58 heavy (non-hydrogen) atoms. The molecule has 0 amide bonds. The van der Waals surface area contributed by atoms with Crippen LogP contribution in [-0.2, 0) is 60.1 Å². The first-order chi connectivity index (χ1) is 28.4. The predicted octanol–water partition coefficient (Wildman–Crippen LogP) is 8.89. The zero-order valence-corrected chi connectivity index (χ0v) is 33.2. The van der Waals surface area contributed by atoms with E-state index in [1.807, 2.05) is 134 Å². The molecule has 9 heteroatoms. The second-order valence-electron chi connectivity index (χ2n) is 14.1. The van der Waals surface area contributed by atoms with Crippen LogP contribution in [0.3, 0.4) is 0 Å². The lowest BCUT2D eigenvalue weighted by Crippen LogP contribution is -2.60. The first kappa shape index (κ1) is 40.6. The maximum Gasteiger partial charge on any atom is 0.261 e. The highest BCUT2D eigenvalue weighted by atomic mass is 32.2. The van der Waals surface area contributed by atoms with Gasteiger partial charge in [-0.2, -0.15) is 0 Å². The molecule has 1 aliphatic rings. The largest absolute Gasteiger partial charge is 0.374 e. The Balaban J connectivity index is 1.24. The van der Waals surface area contributed by atoms with Gasteiger partial charge >= 0.3 is 0 Å². The molecule has 0 aliphatic carbocycles. The third-order valence-corrected chi connectivity index (χ3v) is 11.1. The lowest BCUT2D eigenvalue weighted by Gasteiger charge is -2.45. The minimum Gasteiger partial charge on any atom is -0.374 e. The smallest absolute Gasteiger partial charge is 0.261 e. The molecule has 0 unspecified atom stereocenters. The molecular weight excluding hydrogens is 747 g/mol. The van der Waals surface area contributed by atoms with Crippen LogP contribution in [0.15, 0.2) is 175 Å². The van der Waals surface area contributed by atoms with Crippen LogP contribution < -0.4 is 4.72 Å². The average Bonchev–Trinajstić information content (AvgIpc) is 3.26. The Labute approximate surface area is 341 Å². The third-order valence-electron chi connectivity index (χ3n) is 9.74. The minimum atomic E-state index is -3.89. The van der Waals surface area contributed by atoms with Crippen molar-refractivity contribution < 1.29 is 32.1 Å². The van der Waals surface area contributed by atoms with Crippen LogP contribution >= 0.6 is 0 Å². The summed E-state index contributed by atoms with van der Waals surface area (Å²) in [7, 11) is -3.89. The number of ether oxygens (including phenoxy) is 5. The van der Waals surface area contributed by atoms with Crippen molar-refractivity contribution in [1.29, 1.82) is 0 Å². The SMILES string of the molecule is Cc1ccc(S(=O)(=O)Nc2ccccc2C#C[C@@H]2O[C@H](COCc3ccccc3)[C@@H](OCc3ccccc3)[C@H](OCc3ccccc3)[C@@H]2OCc2ccccc2)cc1. The number of benzene rings is 6. The molecule has 0 saturated carbocycles. The highest BCUT2D eigenvalue weighted by molar-refractivity contribution is 7.92. The normalized spacial score (nSPS) is 19.2. The van der Waals surface area contributed by atoms with E-state index in [1.54, 1.807) is 42.5 Å². The van der Waals surface area contributed by atoms with Crippen LogP contribution in [-0.4, -0.2) is 45.5 Å². The number of nitrogens with one attached hydrogen (secondary N) is 1. The number of hydrogen-bond donors (Lipinski definition) is 1. The summed E-state index contributed by atoms with van der Waals surface area (Å²) in [5.41, 5.74) is 5.78. The molecule has 0 aromatic heterocycles. The summed E-state index contributed by atoms with van der Waals surface area (Å²) < 4.78 is 63.3. The van der Waals surface area contributed by atoms with Crippen LogP contribution in [0.5, 0.6) is 0 Å². The lowest BCUT2D eigenvalue weighted by atomic mass is 9.93. The van der Waals surface area contributed by atoms with Crippen molar-refractivity contribution in [2.45, 2.75) is 68.8 Å². The van der Waals surface area contributed by atoms with Crippen molar-refractivity contribution in [2.24, 2.45) is 0 Å². The maximum atomic E-state index is 13.5. The second kappa shape index (κ2) is 20.2. The second-order valence-corrected chi connectivity index (χ2v) is 15.8. The fourth-order valence-electron chi connectivity index (χ4n) is 6.66. The fraction of sp³-hybridized carbons (Fsp3) is 0.224. The van der Waals surface area contributed by atoms with Gasteiger partial charge < -0.3 is 23.7 Å². The van der Waals surface area contributed by atoms with Crippen LogP contribution in [0.2, 0.25) is 0 Å². The quantitative estimate of drug-likeness (QED) is 0.0980. The zero-order chi connectivity index (χ0) is 40.0. The monoisotopic (exact) mass is 793 g/mol. The highest BCUT2D eigenvalue weighted by Crippen LogP contribution is 2.31. The first-order valence-electron chi connectivity index (χ1n) is 19.3. The van der Waals surface area contributed by atoms with E-state index in [2.05, 4.69) is 16.6 Å².